The maximum absolute atomic E-state index is 12.9. The van der Waals surface area contributed by atoms with E-state index >= 15 is 0 Å². The average molecular weight is 410 g/mol. The number of halogens is 1. The second-order valence-corrected chi connectivity index (χ2v) is 7.86. The van der Waals surface area contributed by atoms with Crippen LogP contribution in [-0.4, -0.2) is 14.3 Å². The number of amides is 1. The zero-order valence-electron chi connectivity index (χ0n) is 15.4. The fourth-order valence-corrected chi connectivity index (χ4v) is 3.69. The summed E-state index contributed by atoms with van der Waals surface area (Å²) in [5, 5.41) is 2.71. The largest absolute Gasteiger partial charge is 0.348 e. The minimum Gasteiger partial charge on any atom is -0.348 e. The van der Waals surface area contributed by atoms with E-state index in [1.807, 2.05) is 0 Å². The van der Waals surface area contributed by atoms with Crippen LogP contribution < -0.4 is 10.0 Å². The molecule has 0 aromatic heterocycles. The van der Waals surface area contributed by atoms with E-state index in [-0.39, 0.29) is 23.2 Å². The Bertz CT molecular complexity index is 1110. The first-order valence-corrected chi connectivity index (χ1v) is 10.3. The highest BCUT2D eigenvalue weighted by molar-refractivity contribution is 7.92. The summed E-state index contributed by atoms with van der Waals surface area (Å²) in [6.45, 7) is 0.139. The predicted molar refractivity (Wildman–Crippen MR) is 111 cm³/mol. The van der Waals surface area contributed by atoms with Crippen molar-refractivity contribution in [2.45, 2.75) is 11.4 Å². The Morgan fingerprint density at radius 3 is 2.28 bits per heavy atom. The third kappa shape index (κ3) is 5.76. The molecule has 0 fully saturated rings. The molecular formula is C22H19FN2O3S. The quantitative estimate of drug-likeness (QED) is 0.579. The first-order chi connectivity index (χ1) is 13.9. The van der Waals surface area contributed by atoms with Gasteiger partial charge in [-0.2, -0.15) is 0 Å². The van der Waals surface area contributed by atoms with Crippen molar-refractivity contribution < 1.29 is 17.6 Å². The summed E-state index contributed by atoms with van der Waals surface area (Å²) in [5.74, 6) is -0.698. The molecule has 0 bridgehead atoms. The molecule has 0 saturated heterocycles. The standard InChI is InChI=1S/C22H19FN2O3S/c23-19-13-10-17(11-14-19)12-15-22(26)24-16-18-6-4-5-9-21(18)25-29(27,28)20-7-2-1-3-8-20/h1-15,25H,16H2,(H,24,26)/b15-12+. The Balaban J connectivity index is 1.66. The summed E-state index contributed by atoms with van der Waals surface area (Å²) in [4.78, 5) is 12.2. The van der Waals surface area contributed by atoms with Gasteiger partial charge >= 0.3 is 0 Å². The van der Waals surface area contributed by atoms with Crippen molar-refractivity contribution in [1.29, 1.82) is 0 Å². The van der Waals surface area contributed by atoms with Crippen molar-refractivity contribution in [2.24, 2.45) is 0 Å². The van der Waals surface area contributed by atoms with E-state index in [4.69, 9.17) is 0 Å². The highest BCUT2D eigenvalue weighted by Crippen LogP contribution is 2.20. The van der Waals surface area contributed by atoms with E-state index < -0.39 is 10.0 Å². The van der Waals surface area contributed by atoms with Crippen LogP contribution in [0.3, 0.4) is 0 Å². The van der Waals surface area contributed by atoms with Crippen LogP contribution in [0, 0.1) is 5.82 Å². The van der Waals surface area contributed by atoms with E-state index in [1.54, 1.807) is 60.7 Å². The van der Waals surface area contributed by atoms with Crippen LogP contribution in [0.25, 0.3) is 6.08 Å². The van der Waals surface area contributed by atoms with Crippen molar-refractivity contribution in [3.05, 3.63) is 102 Å². The second-order valence-electron chi connectivity index (χ2n) is 6.18. The van der Waals surface area contributed by atoms with Crippen LogP contribution >= 0.6 is 0 Å². The molecule has 0 heterocycles. The molecule has 148 valence electrons. The number of anilines is 1. The first-order valence-electron chi connectivity index (χ1n) is 8.81. The number of hydrogen-bond donors (Lipinski definition) is 2. The number of para-hydroxylation sites is 1. The number of sulfonamides is 1. The van der Waals surface area contributed by atoms with E-state index in [2.05, 4.69) is 10.0 Å². The fourth-order valence-electron chi connectivity index (χ4n) is 2.56. The third-order valence-corrected chi connectivity index (χ3v) is 5.45. The minimum atomic E-state index is -3.73. The van der Waals surface area contributed by atoms with Crippen molar-refractivity contribution in [3.8, 4) is 0 Å². The molecule has 0 spiro atoms. The van der Waals surface area contributed by atoms with Gasteiger partial charge in [0.2, 0.25) is 5.91 Å². The van der Waals surface area contributed by atoms with Gasteiger partial charge in [0, 0.05) is 12.6 Å². The number of carbonyl (C=O) groups is 1. The monoisotopic (exact) mass is 410 g/mol. The van der Waals surface area contributed by atoms with Gasteiger partial charge < -0.3 is 5.32 Å². The van der Waals surface area contributed by atoms with E-state index in [1.165, 1.54) is 30.3 Å². The molecule has 0 aliphatic rings. The topological polar surface area (TPSA) is 75.3 Å². The second kappa shape index (κ2) is 9.16. The van der Waals surface area contributed by atoms with Gasteiger partial charge in [0.05, 0.1) is 10.6 Å². The lowest BCUT2D eigenvalue weighted by atomic mass is 10.2. The van der Waals surface area contributed by atoms with Crippen molar-refractivity contribution in [3.63, 3.8) is 0 Å². The Hall–Kier alpha value is -3.45. The summed E-state index contributed by atoms with van der Waals surface area (Å²) < 4.78 is 40.5. The van der Waals surface area contributed by atoms with Crippen LogP contribution in [0.2, 0.25) is 0 Å². The molecule has 3 aromatic carbocycles. The van der Waals surface area contributed by atoms with Gasteiger partial charge in [0.1, 0.15) is 5.82 Å². The molecule has 0 aliphatic heterocycles. The maximum atomic E-state index is 12.9. The number of rotatable bonds is 7. The summed E-state index contributed by atoms with van der Waals surface area (Å²) in [6.07, 6.45) is 2.91. The molecule has 7 heteroatoms. The van der Waals surface area contributed by atoms with Crippen molar-refractivity contribution >= 4 is 27.7 Å². The van der Waals surface area contributed by atoms with Gasteiger partial charge in [-0.1, -0.05) is 48.5 Å². The molecule has 0 unspecified atom stereocenters. The molecule has 5 nitrogen and oxygen atoms in total. The summed E-state index contributed by atoms with van der Waals surface area (Å²) >= 11 is 0. The van der Waals surface area contributed by atoms with Gasteiger partial charge in [-0.05, 0) is 47.5 Å². The first kappa shape index (κ1) is 20.3. The van der Waals surface area contributed by atoms with Crippen LogP contribution in [0.15, 0.2) is 89.8 Å². The third-order valence-electron chi connectivity index (χ3n) is 4.07. The average Bonchev–Trinajstić information content (AvgIpc) is 2.73. The molecule has 0 saturated carbocycles. The van der Waals surface area contributed by atoms with E-state index in [0.29, 0.717) is 16.8 Å². The summed E-state index contributed by atoms with van der Waals surface area (Å²) in [5.41, 5.74) is 1.70. The Morgan fingerprint density at radius 1 is 0.897 bits per heavy atom. The smallest absolute Gasteiger partial charge is 0.261 e. The van der Waals surface area contributed by atoms with Gasteiger partial charge in [0.15, 0.2) is 0 Å². The van der Waals surface area contributed by atoms with Gasteiger partial charge in [-0.25, -0.2) is 12.8 Å². The van der Waals surface area contributed by atoms with Crippen LogP contribution in [0.5, 0.6) is 0 Å². The fraction of sp³-hybridized carbons (Fsp3) is 0.0455. The Kier molecular flexibility index (Phi) is 6.41. The van der Waals surface area contributed by atoms with Crippen molar-refractivity contribution in [1.82, 2.24) is 5.32 Å². The lowest BCUT2D eigenvalue weighted by Crippen LogP contribution is -2.22. The lowest BCUT2D eigenvalue weighted by molar-refractivity contribution is -0.116. The zero-order chi connectivity index (χ0) is 20.7. The molecule has 0 aliphatic carbocycles. The summed E-state index contributed by atoms with van der Waals surface area (Å²) in [6, 6.07) is 20.6. The molecule has 0 radical (unpaired) electrons. The van der Waals surface area contributed by atoms with Crippen LogP contribution in [0.4, 0.5) is 10.1 Å². The Labute approximate surface area is 169 Å². The van der Waals surface area contributed by atoms with E-state index in [9.17, 15) is 17.6 Å². The Morgan fingerprint density at radius 2 is 1.55 bits per heavy atom. The number of hydrogen-bond acceptors (Lipinski definition) is 3. The van der Waals surface area contributed by atoms with Gasteiger partial charge in [-0.3, -0.25) is 9.52 Å². The minimum absolute atomic E-state index is 0.139. The zero-order valence-corrected chi connectivity index (χ0v) is 16.2. The van der Waals surface area contributed by atoms with Gasteiger partial charge in [-0.15, -0.1) is 0 Å². The summed E-state index contributed by atoms with van der Waals surface area (Å²) in [7, 11) is -3.73. The highest BCUT2D eigenvalue weighted by Gasteiger charge is 2.15. The van der Waals surface area contributed by atoms with Gasteiger partial charge in [0.25, 0.3) is 10.0 Å². The van der Waals surface area contributed by atoms with Crippen molar-refractivity contribution in [2.75, 3.05) is 4.72 Å². The predicted octanol–water partition coefficient (Wildman–Crippen LogP) is 3.96. The lowest BCUT2D eigenvalue weighted by Gasteiger charge is -2.13. The molecule has 29 heavy (non-hydrogen) atoms. The SMILES string of the molecule is O=C(/C=C/c1ccc(F)cc1)NCc1ccccc1NS(=O)(=O)c1ccccc1. The molecule has 3 aromatic rings. The molecule has 0 atom stereocenters. The number of benzene rings is 3. The molecule has 1 amide bonds. The molecular weight excluding hydrogens is 391 g/mol. The molecule has 2 N–H and O–H groups in total. The van der Waals surface area contributed by atoms with Crippen LogP contribution in [-0.2, 0) is 21.4 Å². The van der Waals surface area contributed by atoms with E-state index in [0.717, 1.165) is 0 Å². The molecule has 3 rings (SSSR count). The number of nitrogens with one attached hydrogen (secondary N) is 2. The normalized spacial score (nSPS) is 11.3. The highest BCUT2D eigenvalue weighted by atomic mass is 32.2. The maximum Gasteiger partial charge on any atom is 0.261 e. The number of carbonyl (C=O) groups excluding carboxylic acids is 1. The van der Waals surface area contributed by atoms with Crippen LogP contribution in [0.1, 0.15) is 11.1 Å².